The normalized spacial score (nSPS) is 35.5. The Morgan fingerprint density at radius 2 is 1.70 bits per heavy atom. The molecule has 0 radical (unpaired) electrons. The number of allylic oxidation sites excluding steroid dienone is 2. The van der Waals surface area contributed by atoms with Gasteiger partial charge in [0.2, 0.25) is 0 Å². The molecule has 1 heterocycles. The van der Waals surface area contributed by atoms with E-state index in [1.54, 1.807) is 24.3 Å². The molecule has 5 aliphatic rings. The maximum atomic E-state index is 12.8. The van der Waals surface area contributed by atoms with Crippen LogP contribution in [0.15, 0.2) is 41.5 Å². The minimum Gasteiger partial charge on any atom is -0.482 e. The number of imide groups is 1. The second-order valence-electron chi connectivity index (χ2n) is 7.64. The van der Waals surface area contributed by atoms with Gasteiger partial charge in [-0.25, -0.2) is 4.79 Å². The summed E-state index contributed by atoms with van der Waals surface area (Å²) in [6.45, 7) is -0.411. The molecule has 0 aromatic heterocycles. The summed E-state index contributed by atoms with van der Waals surface area (Å²) < 4.78 is 5.07. The van der Waals surface area contributed by atoms with Gasteiger partial charge in [-0.2, -0.15) is 10.1 Å². The van der Waals surface area contributed by atoms with E-state index >= 15 is 0 Å². The highest BCUT2D eigenvalue weighted by molar-refractivity contribution is 6.06. The van der Waals surface area contributed by atoms with Crippen molar-refractivity contribution in [1.29, 1.82) is 0 Å². The molecule has 1 saturated heterocycles. The standard InChI is InChI=1S/C20H18N2O5/c23-16(24)9-27-11-3-1-10(2-4-11)8-21-22-19(25)17-12-5-6-13(15-7-14(12)15)18(17)20(22)26/h1-6,8,12-15,17-18H,7,9H2,(H,23,24)/b21-8-/t12-,13-,14-,15+,17+,18+/m1/s1. The molecule has 138 valence electrons. The summed E-state index contributed by atoms with van der Waals surface area (Å²) >= 11 is 0. The first kappa shape index (κ1) is 16.2. The molecule has 1 aromatic rings. The van der Waals surface area contributed by atoms with Gasteiger partial charge in [-0.3, -0.25) is 9.59 Å². The molecule has 6 rings (SSSR count). The quantitative estimate of drug-likeness (QED) is 0.484. The number of amides is 2. The third kappa shape index (κ3) is 2.49. The van der Waals surface area contributed by atoms with Crippen LogP contribution in [0.1, 0.15) is 12.0 Å². The summed E-state index contributed by atoms with van der Waals surface area (Å²) in [6.07, 6.45) is 6.88. The number of carboxylic acid groups (broad SMARTS) is 1. The third-order valence-electron chi connectivity index (χ3n) is 6.20. The average molecular weight is 366 g/mol. The largest absolute Gasteiger partial charge is 0.482 e. The number of hydrogen-bond acceptors (Lipinski definition) is 5. The van der Waals surface area contributed by atoms with Gasteiger partial charge in [0, 0.05) is 0 Å². The van der Waals surface area contributed by atoms with Crippen LogP contribution in [0.5, 0.6) is 5.75 Å². The van der Waals surface area contributed by atoms with E-state index < -0.39 is 12.6 Å². The molecule has 6 atom stereocenters. The Kier molecular flexibility index (Phi) is 3.47. The number of carbonyl (C=O) groups excluding carboxylic acids is 2. The molecule has 7 nitrogen and oxygen atoms in total. The van der Waals surface area contributed by atoms with Crippen molar-refractivity contribution in [2.75, 3.05) is 6.61 Å². The molecule has 27 heavy (non-hydrogen) atoms. The highest BCUT2D eigenvalue weighted by atomic mass is 16.5. The Morgan fingerprint density at radius 3 is 2.26 bits per heavy atom. The molecule has 7 heteroatoms. The van der Waals surface area contributed by atoms with Crippen molar-refractivity contribution in [2.45, 2.75) is 6.42 Å². The summed E-state index contributed by atoms with van der Waals surface area (Å²) in [7, 11) is 0. The topological polar surface area (TPSA) is 96.3 Å². The average Bonchev–Trinajstić information content (AvgIpc) is 3.45. The van der Waals surface area contributed by atoms with E-state index in [-0.39, 0.29) is 35.5 Å². The van der Waals surface area contributed by atoms with E-state index in [1.165, 1.54) is 6.21 Å². The van der Waals surface area contributed by atoms with E-state index in [4.69, 9.17) is 9.84 Å². The first-order valence-electron chi connectivity index (χ1n) is 9.09. The van der Waals surface area contributed by atoms with Gasteiger partial charge in [-0.05, 0) is 59.9 Å². The molecule has 2 bridgehead atoms. The van der Waals surface area contributed by atoms with E-state index in [0.29, 0.717) is 23.1 Å². The Balaban J connectivity index is 1.31. The zero-order valence-electron chi connectivity index (χ0n) is 14.4. The summed E-state index contributed by atoms with van der Waals surface area (Å²) in [6, 6.07) is 6.63. The lowest BCUT2D eigenvalue weighted by Crippen LogP contribution is -2.40. The van der Waals surface area contributed by atoms with Crippen LogP contribution in [0, 0.1) is 35.5 Å². The van der Waals surface area contributed by atoms with E-state index in [0.717, 1.165) is 11.4 Å². The molecule has 1 aliphatic heterocycles. The van der Waals surface area contributed by atoms with Crippen LogP contribution in [-0.4, -0.2) is 40.7 Å². The minimum absolute atomic E-state index is 0.187. The summed E-state index contributed by atoms with van der Waals surface area (Å²) in [5.74, 6) is 0.0188. The van der Waals surface area contributed by atoms with Crippen molar-refractivity contribution in [1.82, 2.24) is 5.01 Å². The molecule has 2 saturated carbocycles. The van der Waals surface area contributed by atoms with E-state index in [1.807, 2.05) is 0 Å². The number of hydrazone groups is 1. The predicted molar refractivity (Wildman–Crippen MR) is 93.7 cm³/mol. The van der Waals surface area contributed by atoms with E-state index in [2.05, 4.69) is 17.3 Å². The van der Waals surface area contributed by atoms with Crippen molar-refractivity contribution in [3.63, 3.8) is 0 Å². The fraction of sp³-hybridized carbons (Fsp3) is 0.400. The van der Waals surface area contributed by atoms with Crippen LogP contribution in [0.2, 0.25) is 0 Å². The number of rotatable bonds is 5. The van der Waals surface area contributed by atoms with Crippen LogP contribution >= 0.6 is 0 Å². The number of benzene rings is 1. The van der Waals surface area contributed by atoms with Gasteiger partial charge in [0.05, 0.1) is 18.1 Å². The van der Waals surface area contributed by atoms with Crippen LogP contribution < -0.4 is 4.74 Å². The molecule has 1 N–H and O–H groups in total. The molecule has 0 unspecified atom stereocenters. The van der Waals surface area contributed by atoms with Crippen molar-refractivity contribution >= 4 is 24.0 Å². The predicted octanol–water partition coefficient (Wildman–Crippen LogP) is 1.54. The van der Waals surface area contributed by atoms with Gasteiger partial charge in [0.15, 0.2) is 6.61 Å². The van der Waals surface area contributed by atoms with Gasteiger partial charge >= 0.3 is 5.97 Å². The Bertz CT molecular complexity index is 854. The van der Waals surface area contributed by atoms with Gasteiger partial charge < -0.3 is 9.84 Å². The highest BCUT2D eigenvalue weighted by Gasteiger charge is 2.67. The smallest absolute Gasteiger partial charge is 0.341 e. The highest BCUT2D eigenvalue weighted by Crippen LogP contribution is 2.65. The van der Waals surface area contributed by atoms with Crippen LogP contribution in [0.25, 0.3) is 0 Å². The Hall–Kier alpha value is -2.96. The Labute approximate surface area is 155 Å². The monoisotopic (exact) mass is 366 g/mol. The van der Waals surface area contributed by atoms with E-state index in [9.17, 15) is 14.4 Å². The zero-order chi connectivity index (χ0) is 18.7. The molecular weight excluding hydrogens is 348 g/mol. The summed E-state index contributed by atoms with van der Waals surface area (Å²) in [5, 5.41) is 13.8. The molecule has 0 spiro atoms. The second-order valence-corrected chi connectivity index (χ2v) is 7.64. The van der Waals surface area contributed by atoms with Gasteiger partial charge in [0.1, 0.15) is 5.75 Å². The van der Waals surface area contributed by atoms with Crippen molar-refractivity contribution in [2.24, 2.45) is 40.6 Å². The van der Waals surface area contributed by atoms with Crippen molar-refractivity contribution in [3.8, 4) is 5.75 Å². The SMILES string of the molecule is O=C(O)COc1ccc(/C=N\N2C(=O)[C@H]3[C@@H]4C=C[C@H]([C@@H]5C[C@H]45)[C@@H]3C2=O)cc1. The van der Waals surface area contributed by atoms with Gasteiger partial charge in [0.25, 0.3) is 11.8 Å². The first-order chi connectivity index (χ1) is 13.0. The Morgan fingerprint density at radius 1 is 1.11 bits per heavy atom. The molecular formula is C20H18N2O5. The number of carbonyl (C=O) groups is 3. The maximum absolute atomic E-state index is 12.8. The molecule has 2 amide bonds. The molecule has 3 fully saturated rings. The first-order valence-corrected chi connectivity index (χ1v) is 9.09. The van der Waals surface area contributed by atoms with Crippen molar-refractivity contribution in [3.05, 3.63) is 42.0 Å². The fourth-order valence-corrected chi connectivity index (χ4v) is 4.97. The van der Waals surface area contributed by atoms with Crippen LogP contribution in [0.3, 0.4) is 0 Å². The number of ether oxygens (including phenoxy) is 1. The minimum atomic E-state index is -1.05. The van der Waals surface area contributed by atoms with Crippen molar-refractivity contribution < 1.29 is 24.2 Å². The number of nitrogens with zero attached hydrogens (tertiary/aromatic N) is 2. The number of carboxylic acids is 1. The fourth-order valence-electron chi connectivity index (χ4n) is 4.97. The number of aliphatic carboxylic acids is 1. The maximum Gasteiger partial charge on any atom is 0.341 e. The van der Waals surface area contributed by atoms with Crippen LogP contribution in [0.4, 0.5) is 0 Å². The lowest BCUT2D eigenvalue weighted by molar-refractivity contribution is -0.141. The lowest BCUT2D eigenvalue weighted by atomic mass is 9.63. The van der Waals surface area contributed by atoms with Gasteiger partial charge in [-0.15, -0.1) is 0 Å². The summed E-state index contributed by atoms with van der Waals surface area (Å²) in [4.78, 5) is 36.1. The molecule has 1 aromatic carbocycles. The molecule has 4 aliphatic carbocycles. The lowest BCUT2D eigenvalue weighted by Gasteiger charge is -2.37. The second kappa shape index (κ2) is 5.77. The zero-order valence-corrected chi connectivity index (χ0v) is 14.4. The van der Waals surface area contributed by atoms with Crippen LogP contribution in [-0.2, 0) is 14.4 Å². The summed E-state index contributed by atoms with van der Waals surface area (Å²) in [5.41, 5.74) is 0.692. The number of hydrogen-bond donors (Lipinski definition) is 1. The third-order valence-corrected chi connectivity index (χ3v) is 6.20. The van der Waals surface area contributed by atoms with Gasteiger partial charge in [-0.1, -0.05) is 12.2 Å².